The zero-order valence-corrected chi connectivity index (χ0v) is 13.8. The Morgan fingerprint density at radius 1 is 1.00 bits per heavy atom. The van der Waals surface area contributed by atoms with Crippen molar-refractivity contribution in [3.05, 3.63) is 71.0 Å². The van der Waals surface area contributed by atoms with Gasteiger partial charge in [-0.2, -0.15) is 0 Å². The zero-order chi connectivity index (χ0) is 16.8. The number of benzene rings is 2. The molecule has 2 aromatic carbocycles. The van der Waals surface area contributed by atoms with E-state index in [4.69, 9.17) is 0 Å². The summed E-state index contributed by atoms with van der Waals surface area (Å²) in [7, 11) is 0. The average molecular weight is 326 g/mol. The van der Waals surface area contributed by atoms with Crippen LogP contribution in [0.1, 0.15) is 29.5 Å². The van der Waals surface area contributed by atoms with Crippen molar-refractivity contribution in [1.29, 1.82) is 0 Å². The first-order valence-electron chi connectivity index (χ1n) is 8.51. The molecular weight excluding hydrogens is 303 g/mol. The zero-order valence-electron chi connectivity index (χ0n) is 13.8. The molecule has 0 aliphatic carbocycles. The smallest absolute Gasteiger partial charge is 0.224 e. The Morgan fingerprint density at radius 2 is 1.67 bits per heavy atom. The summed E-state index contributed by atoms with van der Waals surface area (Å²) in [6, 6.07) is 14.3. The predicted octanol–water partition coefficient (Wildman–Crippen LogP) is 3.28. The molecule has 24 heavy (non-hydrogen) atoms. The van der Waals surface area contributed by atoms with E-state index in [1.807, 2.05) is 6.07 Å². The normalized spacial score (nSPS) is 14.7. The van der Waals surface area contributed by atoms with Crippen molar-refractivity contribution in [2.24, 2.45) is 0 Å². The Bertz CT molecular complexity index is 678. The highest BCUT2D eigenvalue weighted by atomic mass is 19.1. The lowest BCUT2D eigenvalue weighted by atomic mass is 10.1. The lowest BCUT2D eigenvalue weighted by Gasteiger charge is -2.17. The van der Waals surface area contributed by atoms with Crippen molar-refractivity contribution in [3.8, 4) is 0 Å². The van der Waals surface area contributed by atoms with Crippen LogP contribution >= 0.6 is 0 Å². The molecule has 0 bridgehead atoms. The quantitative estimate of drug-likeness (QED) is 0.883. The Morgan fingerprint density at radius 3 is 2.38 bits per heavy atom. The number of likely N-dealkylation sites (tertiary alicyclic amines) is 1. The highest BCUT2D eigenvalue weighted by Gasteiger charge is 2.13. The SMILES string of the molecule is O=C(Cc1ccc(F)cc1)NCc1ccccc1CN1CCCC1. The summed E-state index contributed by atoms with van der Waals surface area (Å²) in [5.74, 6) is -0.326. The van der Waals surface area contributed by atoms with Crippen molar-refractivity contribution in [2.45, 2.75) is 32.4 Å². The third-order valence-corrected chi connectivity index (χ3v) is 4.46. The summed E-state index contributed by atoms with van der Waals surface area (Å²) in [6.07, 6.45) is 2.82. The molecule has 0 unspecified atom stereocenters. The third kappa shape index (κ3) is 4.65. The Labute approximate surface area is 142 Å². The molecule has 1 aliphatic heterocycles. The van der Waals surface area contributed by atoms with Gasteiger partial charge in [0.1, 0.15) is 5.82 Å². The average Bonchev–Trinajstić information content (AvgIpc) is 3.09. The number of nitrogens with zero attached hydrogens (tertiary/aromatic N) is 1. The molecule has 0 aromatic heterocycles. The summed E-state index contributed by atoms with van der Waals surface area (Å²) in [4.78, 5) is 14.6. The highest BCUT2D eigenvalue weighted by Crippen LogP contribution is 2.16. The largest absolute Gasteiger partial charge is 0.352 e. The van der Waals surface area contributed by atoms with Crippen LogP contribution in [0.2, 0.25) is 0 Å². The van der Waals surface area contributed by atoms with Gasteiger partial charge in [-0.1, -0.05) is 36.4 Å². The molecule has 1 N–H and O–H groups in total. The van der Waals surface area contributed by atoms with Gasteiger partial charge in [0, 0.05) is 13.1 Å². The molecule has 2 aromatic rings. The summed E-state index contributed by atoms with van der Waals surface area (Å²) in [6.45, 7) is 3.80. The number of halogens is 1. The maximum atomic E-state index is 12.9. The van der Waals surface area contributed by atoms with Crippen LogP contribution in [0.25, 0.3) is 0 Å². The van der Waals surface area contributed by atoms with Crippen LogP contribution in [0.3, 0.4) is 0 Å². The number of hydrogen-bond acceptors (Lipinski definition) is 2. The van der Waals surface area contributed by atoms with Crippen LogP contribution < -0.4 is 5.32 Å². The molecule has 0 saturated carbocycles. The van der Waals surface area contributed by atoms with E-state index in [1.54, 1.807) is 12.1 Å². The van der Waals surface area contributed by atoms with Crippen molar-refractivity contribution < 1.29 is 9.18 Å². The van der Waals surface area contributed by atoms with E-state index in [0.29, 0.717) is 6.54 Å². The van der Waals surface area contributed by atoms with Crippen molar-refractivity contribution in [1.82, 2.24) is 10.2 Å². The first kappa shape index (κ1) is 16.7. The summed E-state index contributed by atoms with van der Waals surface area (Å²) in [5, 5.41) is 2.98. The maximum absolute atomic E-state index is 12.9. The van der Waals surface area contributed by atoms with E-state index in [0.717, 1.165) is 30.8 Å². The van der Waals surface area contributed by atoms with Crippen molar-refractivity contribution >= 4 is 5.91 Å². The Kier molecular flexibility index (Phi) is 5.59. The van der Waals surface area contributed by atoms with Gasteiger partial charge in [-0.25, -0.2) is 4.39 Å². The number of carbonyl (C=O) groups is 1. The van der Waals surface area contributed by atoms with E-state index in [1.165, 1.54) is 30.5 Å². The van der Waals surface area contributed by atoms with E-state index < -0.39 is 0 Å². The van der Waals surface area contributed by atoms with Crippen molar-refractivity contribution in [2.75, 3.05) is 13.1 Å². The lowest BCUT2D eigenvalue weighted by molar-refractivity contribution is -0.120. The van der Waals surface area contributed by atoms with Gasteiger partial charge in [-0.15, -0.1) is 0 Å². The summed E-state index contributed by atoms with van der Waals surface area (Å²) < 4.78 is 12.9. The monoisotopic (exact) mass is 326 g/mol. The van der Waals surface area contributed by atoms with Crippen molar-refractivity contribution in [3.63, 3.8) is 0 Å². The van der Waals surface area contributed by atoms with Gasteiger partial charge in [0.05, 0.1) is 6.42 Å². The number of nitrogens with one attached hydrogen (secondary N) is 1. The minimum Gasteiger partial charge on any atom is -0.352 e. The van der Waals surface area contributed by atoms with Gasteiger partial charge in [-0.3, -0.25) is 9.69 Å². The van der Waals surface area contributed by atoms with Gasteiger partial charge in [0.2, 0.25) is 5.91 Å². The Balaban J connectivity index is 1.55. The van der Waals surface area contributed by atoms with Gasteiger partial charge >= 0.3 is 0 Å². The Hall–Kier alpha value is -2.20. The molecule has 0 spiro atoms. The highest BCUT2D eigenvalue weighted by molar-refractivity contribution is 5.78. The standard InChI is InChI=1S/C20H23FN2O/c21-19-9-7-16(8-10-19)13-20(24)22-14-17-5-1-2-6-18(17)15-23-11-3-4-12-23/h1-2,5-10H,3-4,11-15H2,(H,22,24). The second kappa shape index (κ2) is 8.06. The first-order valence-corrected chi connectivity index (χ1v) is 8.51. The topological polar surface area (TPSA) is 32.3 Å². The van der Waals surface area contributed by atoms with Crippen LogP contribution in [0, 0.1) is 5.82 Å². The fourth-order valence-corrected chi connectivity index (χ4v) is 3.11. The number of rotatable bonds is 6. The minimum atomic E-state index is -0.282. The molecule has 3 nitrogen and oxygen atoms in total. The molecular formula is C20H23FN2O. The van der Waals surface area contributed by atoms with Crippen LogP contribution in [-0.4, -0.2) is 23.9 Å². The molecule has 0 atom stereocenters. The summed E-state index contributed by atoms with van der Waals surface area (Å²) in [5.41, 5.74) is 3.26. The minimum absolute atomic E-state index is 0.0439. The molecule has 4 heteroatoms. The van der Waals surface area contributed by atoms with Gasteiger partial charge < -0.3 is 5.32 Å². The molecule has 1 aliphatic rings. The molecule has 1 amide bonds. The lowest BCUT2D eigenvalue weighted by Crippen LogP contribution is -2.26. The second-order valence-corrected chi connectivity index (χ2v) is 6.33. The number of hydrogen-bond donors (Lipinski definition) is 1. The fourth-order valence-electron chi connectivity index (χ4n) is 3.11. The van der Waals surface area contributed by atoms with Crippen LogP contribution in [0.4, 0.5) is 4.39 Å². The number of carbonyl (C=O) groups excluding carboxylic acids is 1. The van der Waals surface area contributed by atoms with Crippen LogP contribution in [0.15, 0.2) is 48.5 Å². The molecule has 3 rings (SSSR count). The molecule has 1 fully saturated rings. The van der Waals surface area contributed by atoms with E-state index in [2.05, 4.69) is 28.4 Å². The van der Waals surface area contributed by atoms with Gasteiger partial charge in [0.15, 0.2) is 0 Å². The summed E-state index contributed by atoms with van der Waals surface area (Å²) >= 11 is 0. The molecule has 126 valence electrons. The van der Waals surface area contributed by atoms with E-state index >= 15 is 0 Å². The van der Waals surface area contributed by atoms with E-state index in [-0.39, 0.29) is 18.1 Å². The maximum Gasteiger partial charge on any atom is 0.224 e. The fraction of sp³-hybridized carbons (Fsp3) is 0.350. The van der Waals surface area contributed by atoms with Crippen LogP contribution in [-0.2, 0) is 24.3 Å². The first-order chi connectivity index (χ1) is 11.7. The molecule has 0 radical (unpaired) electrons. The molecule has 1 saturated heterocycles. The second-order valence-electron chi connectivity index (χ2n) is 6.33. The third-order valence-electron chi connectivity index (χ3n) is 4.46. The predicted molar refractivity (Wildman–Crippen MR) is 92.9 cm³/mol. The van der Waals surface area contributed by atoms with Gasteiger partial charge in [0.25, 0.3) is 0 Å². The molecule has 1 heterocycles. The number of amides is 1. The van der Waals surface area contributed by atoms with E-state index in [9.17, 15) is 9.18 Å². The van der Waals surface area contributed by atoms with Gasteiger partial charge in [-0.05, 0) is 54.8 Å². The van der Waals surface area contributed by atoms with Crippen LogP contribution in [0.5, 0.6) is 0 Å².